The normalized spacial score (nSPS) is 18.1. The van der Waals surface area contributed by atoms with Gasteiger partial charge in [0.15, 0.2) is 0 Å². The maximum absolute atomic E-state index is 13.0. The molecule has 7 heteroatoms. The summed E-state index contributed by atoms with van der Waals surface area (Å²) in [5.74, 6) is 0. The molecule has 0 radical (unpaired) electrons. The Labute approximate surface area is 151 Å². The van der Waals surface area contributed by atoms with Gasteiger partial charge in [-0.2, -0.15) is 0 Å². The second kappa shape index (κ2) is 7.47. The van der Waals surface area contributed by atoms with Crippen LogP contribution in [0.15, 0.2) is 51.1 Å². The highest BCUT2D eigenvalue weighted by atomic mass is 16.3. The summed E-state index contributed by atoms with van der Waals surface area (Å²) in [7, 11) is 0. The van der Waals surface area contributed by atoms with Crippen LogP contribution in [0.3, 0.4) is 0 Å². The molecular weight excluding hydrogens is 334 g/mol. The van der Waals surface area contributed by atoms with Gasteiger partial charge in [-0.1, -0.05) is 38.0 Å². The molecule has 7 nitrogen and oxygen atoms in total. The number of aromatic nitrogens is 3. The maximum atomic E-state index is 13.0. The zero-order valence-corrected chi connectivity index (χ0v) is 15.1. The van der Waals surface area contributed by atoms with Crippen molar-refractivity contribution in [3.63, 3.8) is 0 Å². The molecule has 0 saturated carbocycles. The van der Waals surface area contributed by atoms with E-state index in [0.29, 0.717) is 17.7 Å². The van der Waals surface area contributed by atoms with E-state index >= 15 is 0 Å². The third-order valence-electron chi connectivity index (χ3n) is 4.97. The van der Waals surface area contributed by atoms with Gasteiger partial charge in [0.05, 0.1) is 24.9 Å². The van der Waals surface area contributed by atoms with Crippen LogP contribution in [0, 0.1) is 0 Å². The first-order valence-corrected chi connectivity index (χ1v) is 8.99. The van der Waals surface area contributed by atoms with E-state index < -0.39 is 23.5 Å². The van der Waals surface area contributed by atoms with E-state index in [-0.39, 0.29) is 13.2 Å². The van der Waals surface area contributed by atoms with E-state index in [1.54, 1.807) is 24.3 Å². The molecule has 140 valence electrons. The fourth-order valence-corrected chi connectivity index (χ4v) is 3.71. The minimum Gasteiger partial charge on any atom is -0.394 e. The number of nitrogens with zero attached hydrogens (tertiary/aromatic N) is 3. The molecule has 2 atom stereocenters. The first-order valence-electron chi connectivity index (χ1n) is 8.99. The lowest BCUT2D eigenvalue weighted by molar-refractivity contribution is 0.144. The fraction of sp³-hybridized carbons (Fsp3) is 0.474. The number of benzene rings is 1. The molecule has 0 amide bonds. The molecule has 2 heterocycles. The van der Waals surface area contributed by atoms with Gasteiger partial charge in [-0.05, 0) is 36.6 Å². The Hall–Kier alpha value is -2.38. The standard InChI is InChI=1S/C19H25N3O4/c1-3-4-10-16(24)17-13(2)11-20-18(25)21(14-8-6-5-7-9-14)19(26)22(20)15(17)12-23/h5-9,15-16,23-24H,3-4,10-12H2,1-2H3/t15-,16+/m0/s1. The Kier molecular flexibility index (Phi) is 5.29. The molecule has 0 saturated heterocycles. The van der Waals surface area contributed by atoms with Crippen LogP contribution in [-0.2, 0) is 6.54 Å². The number of para-hydroxylation sites is 1. The fourth-order valence-electron chi connectivity index (χ4n) is 3.71. The lowest BCUT2D eigenvalue weighted by atomic mass is 9.92. The van der Waals surface area contributed by atoms with Gasteiger partial charge in [0.1, 0.15) is 6.04 Å². The molecule has 0 aliphatic carbocycles. The third-order valence-corrected chi connectivity index (χ3v) is 4.97. The Morgan fingerprint density at radius 3 is 2.50 bits per heavy atom. The van der Waals surface area contributed by atoms with E-state index in [4.69, 9.17) is 0 Å². The number of aliphatic hydroxyl groups is 2. The predicted octanol–water partition coefficient (Wildman–Crippen LogP) is 1.22. The summed E-state index contributed by atoms with van der Waals surface area (Å²) >= 11 is 0. The number of allylic oxidation sites excluding steroid dienone is 1. The second-order valence-electron chi connectivity index (χ2n) is 6.73. The summed E-state index contributed by atoms with van der Waals surface area (Å²) in [6, 6.07) is 7.99. The smallest absolute Gasteiger partial charge is 0.352 e. The van der Waals surface area contributed by atoms with Crippen LogP contribution in [-0.4, -0.2) is 36.9 Å². The van der Waals surface area contributed by atoms with Crippen molar-refractivity contribution in [2.75, 3.05) is 6.61 Å². The van der Waals surface area contributed by atoms with Crippen LogP contribution in [0.1, 0.15) is 39.2 Å². The second-order valence-corrected chi connectivity index (χ2v) is 6.73. The van der Waals surface area contributed by atoms with Crippen LogP contribution in [0.25, 0.3) is 5.69 Å². The van der Waals surface area contributed by atoms with Crippen LogP contribution in [0.5, 0.6) is 0 Å². The topological polar surface area (TPSA) is 89.4 Å². The molecule has 1 aromatic carbocycles. The summed E-state index contributed by atoms with van der Waals surface area (Å²) in [5.41, 5.74) is 1.00. The van der Waals surface area contributed by atoms with Crippen molar-refractivity contribution in [2.24, 2.45) is 0 Å². The molecule has 0 fully saturated rings. The SMILES string of the molecule is CCCC[C@@H](O)C1=C(C)Cn2c(=O)n(-c3ccccc3)c(=O)n2[C@H]1CO. The average molecular weight is 359 g/mol. The molecule has 26 heavy (non-hydrogen) atoms. The highest BCUT2D eigenvalue weighted by Crippen LogP contribution is 2.29. The van der Waals surface area contributed by atoms with E-state index in [2.05, 4.69) is 0 Å². The Balaban J connectivity index is 2.13. The van der Waals surface area contributed by atoms with Gasteiger partial charge in [0, 0.05) is 0 Å². The minimum atomic E-state index is -0.735. The van der Waals surface area contributed by atoms with Crippen LogP contribution in [0.4, 0.5) is 0 Å². The lowest BCUT2D eigenvalue weighted by Gasteiger charge is -2.31. The maximum Gasteiger partial charge on any atom is 0.352 e. The van der Waals surface area contributed by atoms with Gasteiger partial charge in [0.2, 0.25) is 0 Å². The van der Waals surface area contributed by atoms with Crippen molar-refractivity contribution < 1.29 is 10.2 Å². The molecule has 0 unspecified atom stereocenters. The Bertz CT molecular complexity index is 920. The van der Waals surface area contributed by atoms with Crippen LogP contribution in [0.2, 0.25) is 0 Å². The summed E-state index contributed by atoms with van der Waals surface area (Å²) in [5, 5.41) is 20.6. The number of fused-ring (bicyclic) bond motifs is 1. The summed E-state index contributed by atoms with van der Waals surface area (Å²) in [6.45, 7) is 3.75. The first kappa shape index (κ1) is 18.4. The van der Waals surface area contributed by atoms with Gasteiger partial charge in [-0.3, -0.25) is 0 Å². The zero-order chi connectivity index (χ0) is 18.8. The van der Waals surface area contributed by atoms with Crippen LogP contribution < -0.4 is 11.4 Å². The number of hydrogen-bond acceptors (Lipinski definition) is 4. The average Bonchev–Trinajstić information content (AvgIpc) is 2.89. The van der Waals surface area contributed by atoms with Crippen LogP contribution >= 0.6 is 0 Å². The quantitative estimate of drug-likeness (QED) is 0.759. The molecule has 1 aliphatic heterocycles. The van der Waals surface area contributed by atoms with Crippen molar-refractivity contribution in [3.8, 4) is 5.69 Å². The number of hydrogen-bond donors (Lipinski definition) is 2. The molecule has 0 spiro atoms. The van der Waals surface area contributed by atoms with Gasteiger partial charge < -0.3 is 10.2 Å². The van der Waals surface area contributed by atoms with Crippen molar-refractivity contribution in [1.82, 2.24) is 13.9 Å². The molecule has 3 rings (SSSR count). The first-order chi connectivity index (χ1) is 12.5. The molecule has 2 N–H and O–H groups in total. The van der Waals surface area contributed by atoms with Crippen molar-refractivity contribution in [3.05, 3.63) is 62.4 Å². The van der Waals surface area contributed by atoms with E-state index in [9.17, 15) is 19.8 Å². The van der Waals surface area contributed by atoms with Gasteiger partial charge in [-0.15, -0.1) is 0 Å². The van der Waals surface area contributed by atoms with Crippen molar-refractivity contribution in [2.45, 2.75) is 51.8 Å². The van der Waals surface area contributed by atoms with E-state index in [1.807, 2.05) is 19.9 Å². The Morgan fingerprint density at radius 1 is 1.19 bits per heavy atom. The van der Waals surface area contributed by atoms with Gasteiger partial charge in [0.25, 0.3) is 0 Å². The monoisotopic (exact) mass is 359 g/mol. The molecule has 2 aromatic rings. The summed E-state index contributed by atoms with van der Waals surface area (Å²) < 4.78 is 3.74. The molecule has 0 bridgehead atoms. The molecule has 1 aromatic heterocycles. The highest BCUT2D eigenvalue weighted by Gasteiger charge is 2.33. The number of aliphatic hydroxyl groups excluding tert-OH is 2. The molecule has 1 aliphatic rings. The highest BCUT2D eigenvalue weighted by molar-refractivity contribution is 5.32. The van der Waals surface area contributed by atoms with Crippen molar-refractivity contribution in [1.29, 1.82) is 0 Å². The lowest BCUT2D eigenvalue weighted by Crippen LogP contribution is -2.40. The Morgan fingerprint density at radius 2 is 1.88 bits per heavy atom. The summed E-state index contributed by atoms with van der Waals surface area (Å²) in [6.07, 6.45) is 1.63. The van der Waals surface area contributed by atoms with Crippen molar-refractivity contribution >= 4 is 0 Å². The molecular formula is C19H25N3O4. The largest absolute Gasteiger partial charge is 0.394 e. The zero-order valence-electron chi connectivity index (χ0n) is 15.1. The van der Waals surface area contributed by atoms with Gasteiger partial charge >= 0.3 is 11.4 Å². The number of rotatable bonds is 6. The van der Waals surface area contributed by atoms with E-state index in [1.165, 1.54) is 9.36 Å². The summed E-state index contributed by atoms with van der Waals surface area (Å²) in [4.78, 5) is 25.8. The van der Waals surface area contributed by atoms with Gasteiger partial charge in [-0.25, -0.2) is 23.5 Å². The minimum absolute atomic E-state index is 0.225. The van der Waals surface area contributed by atoms with E-state index in [0.717, 1.165) is 23.0 Å². The number of unbranched alkanes of at least 4 members (excludes halogenated alkanes) is 1. The predicted molar refractivity (Wildman–Crippen MR) is 98.6 cm³/mol. The third kappa shape index (κ3) is 2.97.